The summed E-state index contributed by atoms with van der Waals surface area (Å²) in [5.74, 6) is 0.0303. The summed E-state index contributed by atoms with van der Waals surface area (Å²) in [5.41, 5.74) is 4.05. The van der Waals surface area contributed by atoms with Gasteiger partial charge in [-0.25, -0.2) is 4.79 Å². The Morgan fingerprint density at radius 2 is 2.11 bits per heavy atom. The van der Waals surface area contributed by atoms with Crippen LogP contribution in [0.5, 0.6) is 0 Å². The minimum atomic E-state index is -1.57. The molecular weight excluding hydrogens is 230 g/mol. The molecule has 3 N–H and O–H groups in total. The molecule has 2 bridgehead atoms. The zero-order valence-electron chi connectivity index (χ0n) is 11.8. The van der Waals surface area contributed by atoms with Gasteiger partial charge in [-0.05, 0) is 37.5 Å². The van der Waals surface area contributed by atoms with Crippen molar-refractivity contribution < 1.29 is 14.6 Å². The topological polar surface area (TPSA) is 72.5 Å². The molecule has 2 aliphatic rings. The van der Waals surface area contributed by atoms with E-state index >= 15 is 0 Å². The fourth-order valence-corrected chi connectivity index (χ4v) is 3.65. The second kappa shape index (κ2) is 3.94. The van der Waals surface area contributed by atoms with E-state index in [1.54, 1.807) is 0 Å². The van der Waals surface area contributed by atoms with Crippen LogP contribution in [-0.4, -0.2) is 29.3 Å². The van der Waals surface area contributed by atoms with Crippen LogP contribution in [0, 0.1) is 16.7 Å². The molecule has 4 unspecified atom stereocenters. The summed E-state index contributed by atoms with van der Waals surface area (Å²) in [5, 5.41) is 9.84. The Kier molecular flexibility index (Phi) is 3.02. The molecule has 0 amide bonds. The van der Waals surface area contributed by atoms with Crippen molar-refractivity contribution in [2.45, 2.75) is 58.7 Å². The van der Waals surface area contributed by atoms with Gasteiger partial charge in [-0.15, -0.1) is 0 Å². The van der Waals surface area contributed by atoms with Crippen molar-refractivity contribution >= 4 is 5.97 Å². The predicted molar refractivity (Wildman–Crippen MR) is 68.8 cm³/mol. The first kappa shape index (κ1) is 13.8. The number of nitrogens with two attached hydrogens (primary N) is 1. The van der Waals surface area contributed by atoms with Crippen molar-refractivity contribution in [3.05, 3.63) is 0 Å². The standard InChI is InChI=1S/C14H25NO3/c1-12(2)9-5-6-13(12,3)10(7-9)18-11(16)14(4,17)8-15/h9-10,17H,5-8,15H2,1-4H3. The molecule has 4 heteroatoms. The molecule has 2 rings (SSSR count). The molecule has 0 aliphatic heterocycles. The van der Waals surface area contributed by atoms with Crippen molar-refractivity contribution in [2.24, 2.45) is 22.5 Å². The second-order valence-electron chi connectivity index (χ2n) is 6.98. The number of rotatable bonds is 3. The molecular formula is C14H25NO3. The van der Waals surface area contributed by atoms with Crippen molar-refractivity contribution in [1.29, 1.82) is 0 Å². The highest BCUT2D eigenvalue weighted by molar-refractivity contribution is 5.79. The first-order valence-electron chi connectivity index (χ1n) is 6.79. The van der Waals surface area contributed by atoms with Gasteiger partial charge in [-0.3, -0.25) is 0 Å². The zero-order valence-corrected chi connectivity index (χ0v) is 11.8. The third-order valence-electron chi connectivity index (χ3n) is 5.80. The highest BCUT2D eigenvalue weighted by atomic mass is 16.6. The van der Waals surface area contributed by atoms with Crippen LogP contribution < -0.4 is 5.73 Å². The molecule has 0 aromatic rings. The van der Waals surface area contributed by atoms with Gasteiger partial charge in [0.25, 0.3) is 0 Å². The summed E-state index contributed by atoms with van der Waals surface area (Å²) in [4.78, 5) is 11.9. The van der Waals surface area contributed by atoms with E-state index in [0.717, 1.165) is 12.8 Å². The van der Waals surface area contributed by atoms with Gasteiger partial charge in [-0.1, -0.05) is 20.8 Å². The molecule has 18 heavy (non-hydrogen) atoms. The van der Waals surface area contributed by atoms with Gasteiger partial charge >= 0.3 is 5.97 Å². The number of carbonyl (C=O) groups is 1. The van der Waals surface area contributed by atoms with E-state index in [0.29, 0.717) is 5.92 Å². The smallest absolute Gasteiger partial charge is 0.339 e. The van der Waals surface area contributed by atoms with Crippen LogP contribution in [0.2, 0.25) is 0 Å². The number of aliphatic hydroxyl groups is 1. The number of fused-ring (bicyclic) bond motifs is 2. The number of carbonyl (C=O) groups excluding carboxylic acids is 1. The van der Waals surface area contributed by atoms with E-state index < -0.39 is 11.6 Å². The average Bonchev–Trinajstić information content (AvgIpc) is 2.62. The summed E-state index contributed by atoms with van der Waals surface area (Å²) in [7, 11) is 0. The van der Waals surface area contributed by atoms with Crippen molar-refractivity contribution in [1.82, 2.24) is 0 Å². The molecule has 2 saturated carbocycles. The summed E-state index contributed by atoms with van der Waals surface area (Å²) in [6, 6.07) is 0. The maximum Gasteiger partial charge on any atom is 0.339 e. The third-order valence-corrected chi connectivity index (χ3v) is 5.80. The predicted octanol–water partition coefficient (Wildman–Crippen LogP) is 1.45. The van der Waals surface area contributed by atoms with Gasteiger partial charge < -0.3 is 15.6 Å². The highest BCUT2D eigenvalue weighted by Crippen LogP contribution is 2.66. The van der Waals surface area contributed by atoms with E-state index in [1.165, 1.54) is 13.3 Å². The van der Waals surface area contributed by atoms with E-state index in [-0.39, 0.29) is 23.5 Å². The molecule has 2 aliphatic carbocycles. The summed E-state index contributed by atoms with van der Waals surface area (Å²) in [6.07, 6.45) is 3.13. The number of ether oxygens (including phenoxy) is 1. The summed E-state index contributed by atoms with van der Waals surface area (Å²) in [6.45, 7) is 8.03. The fourth-order valence-electron chi connectivity index (χ4n) is 3.65. The molecule has 2 fully saturated rings. The van der Waals surface area contributed by atoms with Crippen molar-refractivity contribution in [3.8, 4) is 0 Å². The minimum Gasteiger partial charge on any atom is -0.460 e. The lowest BCUT2D eigenvalue weighted by atomic mass is 9.70. The van der Waals surface area contributed by atoms with Crippen LogP contribution in [0.3, 0.4) is 0 Å². The molecule has 104 valence electrons. The Balaban J connectivity index is 2.12. The van der Waals surface area contributed by atoms with E-state index in [4.69, 9.17) is 10.5 Å². The first-order valence-corrected chi connectivity index (χ1v) is 6.79. The quantitative estimate of drug-likeness (QED) is 0.749. The van der Waals surface area contributed by atoms with E-state index in [9.17, 15) is 9.90 Å². The number of hydrogen-bond donors (Lipinski definition) is 2. The average molecular weight is 255 g/mol. The normalized spacial score (nSPS) is 40.6. The van der Waals surface area contributed by atoms with Crippen LogP contribution in [0.1, 0.15) is 47.0 Å². The Morgan fingerprint density at radius 3 is 2.50 bits per heavy atom. The lowest BCUT2D eigenvalue weighted by Gasteiger charge is -2.39. The Morgan fingerprint density at radius 1 is 1.50 bits per heavy atom. The molecule has 0 heterocycles. The molecule has 4 nitrogen and oxygen atoms in total. The number of hydrogen-bond acceptors (Lipinski definition) is 4. The van der Waals surface area contributed by atoms with Gasteiger partial charge in [-0.2, -0.15) is 0 Å². The Hall–Kier alpha value is -0.610. The van der Waals surface area contributed by atoms with Gasteiger partial charge in [0.15, 0.2) is 5.60 Å². The minimum absolute atomic E-state index is 0.0258. The second-order valence-corrected chi connectivity index (χ2v) is 6.98. The lowest BCUT2D eigenvalue weighted by molar-refractivity contribution is -0.175. The molecule has 4 atom stereocenters. The highest BCUT2D eigenvalue weighted by Gasteiger charge is 2.63. The third kappa shape index (κ3) is 1.69. The van der Waals surface area contributed by atoms with Gasteiger partial charge in [0.1, 0.15) is 6.10 Å². The summed E-state index contributed by atoms with van der Waals surface area (Å²) >= 11 is 0. The SMILES string of the molecule is CC(O)(CN)C(=O)OC1CC2CCC1(C)C2(C)C. The van der Waals surface area contributed by atoms with E-state index in [2.05, 4.69) is 20.8 Å². The monoisotopic (exact) mass is 255 g/mol. The Labute approximate surface area is 109 Å². The van der Waals surface area contributed by atoms with E-state index in [1.807, 2.05) is 0 Å². The van der Waals surface area contributed by atoms with Gasteiger partial charge in [0.2, 0.25) is 0 Å². The molecule has 0 aromatic heterocycles. The first-order chi connectivity index (χ1) is 8.15. The molecule has 0 aromatic carbocycles. The van der Waals surface area contributed by atoms with Gasteiger partial charge in [0, 0.05) is 12.0 Å². The van der Waals surface area contributed by atoms with Crippen LogP contribution in [0.25, 0.3) is 0 Å². The van der Waals surface area contributed by atoms with Crippen LogP contribution in [0.4, 0.5) is 0 Å². The van der Waals surface area contributed by atoms with Crippen LogP contribution in [0.15, 0.2) is 0 Å². The Bertz CT molecular complexity index is 364. The number of esters is 1. The molecule has 0 spiro atoms. The molecule has 0 radical (unpaired) electrons. The van der Waals surface area contributed by atoms with Crippen molar-refractivity contribution in [3.63, 3.8) is 0 Å². The summed E-state index contributed by atoms with van der Waals surface area (Å²) < 4.78 is 5.57. The fraction of sp³-hybridized carbons (Fsp3) is 0.929. The maximum atomic E-state index is 11.9. The van der Waals surface area contributed by atoms with Gasteiger partial charge in [0.05, 0.1) is 0 Å². The zero-order chi connectivity index (χ0) is 13.8. The molecule has 0 saturated heterocycles. The van der Waals surface area contributed by atoms with Crippen LogP contribution >= 0.6 is 0 Å². The lowest BCUT2D eigenvalue weighted by Crippen LogP contribution is -2.48. The van der Waals surface area contributed by atoms with Crippen LogP contribution in [-0.2, 0) is 9.53 Å². The largest absolute Gasteiger partial charge is 0.460 e. The van der Waals surface area contributed by atoms with Crippen molar-refractivity contribution in [2.75, 3.05) is 6.54 Å². The maximum absolute atomic E-state index is 11.9.